The Bertz CT molecular complexity index is 918. The molecule has 0 heterocycles. The Balaban J connectivity index is 2.15. The topological polar surface area (TPSA) is 51.2 Å². The SMILES string of the molecule is O=C(c1ccccc1)[C@@H](c1ccccc1)S(=O)(=O)c1ccccc1. The Morgan fingerprint density at radius 3 is 1.67 bits per heavy atom. The Labute approximate surface area is 141 Å². The quantitative estimate of drug-likeness (QED) is 0.660. The van der Waals surface area contributed by atoms with Crippen molar-refractivity contribution in [2.45, 2.75) is 10.1 Å². The van der Waals surface area contributed by atoms with Gasteiger partial charge in [0.25, 0.3) is 0 Å². The third-order valence-electron chi connectivity index (χ3n) is 3.78. The van der Waals surface area contributed by atoms with Crippen LogP contribution >= 0.6 is 0 Å². The van der Waals surface area contributed by atoms with Crippen LogP contribution in [0.15, 0.2) is 95.9 Å². The van der Waals surface area contributed by atoms with Gasteiger partial charge in [-0.1, -0.05) is 78.9 Å². The Kier molecular flexibility index (Phi) is 4.58. The van der Waals surface area contributed by atoms with Gasteiger partial charge in [-0.2, -0.15) is 0 Å². The molecular weight excluding hydrogens is 320 g/mol. The number of ketones is 1. The van der Waals surface area contributed by atoms with Gasteiger partial charge < -0.3 is 0 Å². The van der Waals surface area contributed by atoms with E-state index in [4.69, 9.17) is 0 Å². The number of hydrogen-bond acceptors (Lipinski definition) is 3. The van der Waals surface area contributed by atoms with Crippen LogP contribution in [0.5, 0.6) is 0 Å². The highest BCUT2D eigenvalue weighted by Gasteiger charge is 2.35. The molecule has 0 amide bonds. The summed E-state index contributed by atoms with van der Waals surface area (Å²) in [6, 6.07) is 25.2. The molecule has 4 heteroatoms. The molecule has 0 aliphatic heterocycles. The number of carbonyl (C=O) groups excluding carboxylic acids is 1. The molecule has 0 saturated heterocycles. The molecule has 0 bridgehead atoms. The van der Waals surface area contributed by atoms with Crippen LogP contribution < -0.4 is 0 Å². The van der Waals surface area contributed by atoms with Gasteiger partial charge in [0.1, 0.15) is 0 Å². The van der Waals surface area contributed by atoms with Crippen molar-refractivity contribution in [1.82, 2.24) is 0 Å². The largest absolute Gasteiger partial charge is 0.292 e. The molecule has 0 N–H and O–H groups in total. The van der Waals surface area contributed by atoms with Crippen LogP contribution in [0.1, 0.15) is 21.2 Å². The van der Waals surface area contributed by atoms with Gasteiger partial charge in [-0.05, 0) is 17.7 Å². The van der Waals surface area contributed by atoms with E-state index in [0.29, 0.717) is 11.1 Å². The lowest BCUT2D eigenvalue weighted by Gasteiger charge is -2.17. The molecule has 0 unspecified atom stereocenters. The monoisotopic (exact) mass is 336 g/mol. The van der Waals surface area contributed by atoms with Gasteiger partial charge in [0, 0.05) is 5.56 Å². The normalized spacial score (nSPS) is 12.5. The second kappa shape index (κ2) is 6.81. The second-order valence-corrected chi connectivity index (χ2v) is 7.41. The van der Waals surface area contributed by atoms with Gasteiger partial charge in [-0.25, -0.2) is 8.42 Å². The van der Waals surface area contributed by atoms with Crippen molar-refractivity contribution in [2.24, 2.45) is 0 Å². The van der Waals surface area contributed by atoms with E-state index in [1.165, 1.54) is 12.1 Å². The lowest BCUT2D eigenvalue weighted by molar-refractivity contribution is 0.0986. The van der Waals surface area contributed by atoms with E-state index < -0.39 is 20.9 Å². The van der Waals surface area contributed by atoms with Crippen molar-refractivity contribution in [3.05, 3.63) is 102 Å². The average Bonchev–Trinajstić information content (AvgIpc) is 2.64. The fourth-order valence-corrected chi connectivity index (χ4v) is 4.34. The number of sulfone groups is 1. The molecule has 24 heavy (non-hydrogen) atoms. The first-order valence-corrected chi connectivity index (χ1v) is 9.08. The molecule has 0 aliphatic rings. The third-order valence-corrected chi connectivity index (χ3v) is 5.82. The summed E-state index contributed by atoms with van der Waals surface area (Å²) in [6.45, 7) is 0. The summed E-state index contributed by atoms with van der Waals surface area (Å²) < 4.78 is 26.3. The summed E-state index contributed by atoms with van der Waals surface area (Å²) in [5.41, 5.74) is 0.848. The zero-order chi connectivity index (χ0) is 17.0. The van der Waals surface area contributed by atoms with E-state index in [1.54, 1.807) is 78.9 Å². The molecule has 1 atom stereocenters. The lowest BCUT2D eigenvalue weighted by atomic mass is 10.0. The standard InChI is InChI=1S/C20H16O3S/c21-19(16-10-4-1-5-11-16)20(17-12-6-2-7-13-17)24(22,23)18-14-8-3-9-15-18/h1-15,20H/t20-/m1/s1. The highest BCUT2D eigenvalue weighted by molar-refractivity contribution is 7.92. The summed E-state index contributed by atoms with van der Waals surface area (Å²) in [5, 5.41) is -1.26. The van der Waals surface area contributed by atoms with Crippen molar-refractivity contribution < 1.29 is 13.2 Å². The van der Waals surface area contributed by atoms with E-state index in [9.17, 15) is 13.2 Å². The van der Waals surface area contributed by atoms with Gasteiger partial charge in [0.05, 0.1) is 4.90 Å². The fraction of sp³-hybridized carbons (Fsp3) is 0.0500. The summed E-state index contributed by atoms with van der Waals surface area (Å²) in [4.78, 5) is 13.1. The molecule has 0 aromatic heterocycles. The van der Waals surface area contributed by atoms with Crippen LogP contribution in [0.25, 0.3) is 0 Å². The van der Waals surface area contributed by atoms with E-state index >= 15 is 0 Å². The minimum Gasteiger partial charge on any atom is -0.292 e. The third kappa shape index (κ3) is 3.14. The molecule has 0 aliphatic carbocycles. The van der Waals surface area contributed by atoms with Crippen LogP contribution in [0, 0.1) is 0 Å². The van der Waals surface area contributed by atoms with Crippen LogP contribution in [0.2, 0.25) is 0 Å². The maximum absolute atomic E-state index is 13.1. The molecule has 120 valence electrons. The first-order valence-electron chi connectivity index (χ1n) is 7.54. The molecular formula is C20H16O3S. The van der Waals surface area contributed by atoms with E-state index in [0.717, 1.165) is 0 Å². The zero-order valence-corrected chi connectivity index (χ0v) is 13.7. The van der Waals surface area contributed by atoms with Gasteiger partial charge in [-0.15, -0.1) is 0 Å². The average molecular weight is 336 g/mol. The number of carbonyl (C=O) groups is 1. The predicted molar refractivity (Wildman–Crippen MR) is 93.6 cm³/mol. The molecule has 3 aromatic carbocycles. The van der Waals surface area contributed by atoms with Gasteiger partial charge in [0.2, 0.25) is 0 Å². The van der Waals surface area contributed by atoms with Gasteiger partial charge >= 0.3 is 0 Å². The highest BCUT2D eigenvalue weighted by Crippen LogP contribution is 2.32. The summed E-state index contributed by atoms with van der Waals surface area (Å²) in [7, 11) is -3.85. The molecule has 3 aromatic rings. The maximum Gasteiger partial charge on any atom is 0.192 e. The Hall–Kier alpha value is -2.72. The molecule has 3 rings (SSSR count). The van der Waals surface area contributed by atoms with E-state index in [2.05, 4.69) is 0 Å². The number of benzene rings is 3. The van der Waals surface area contributed by atoms with Crippen molar-refractivity contribution in [2.75, 3.05) is 0 Å². The van der Waals surface area contributed by atoms with Crippen LogP contribution in [-0.4, -0.2) is 14.2 Å². The maximum atomic E-state index is 13.1. The van der Waals surface area contributed by atoms with Gasteiger partial charge in [-0.3, -0.25) is 4.79 Å². The first kappa shape index (κ1) is 16.1. The minimum atomic E-state index is -3.85. The van der Waals surface area contributed by atoms with E-state index in [-0.39, 0.29) is 4.90 Å². The number of hydrogen-bond donors (Lipinski definition) is 0. The number of Topliss-reactive ketones (excluding diaryl/α,β-unsaturated/α-hetero) is 1. The molecule has 0 radical (unpaired) electrons. The first-order chi connectivity index (χ1) is 11.6. The van der Waals surface area contributed by atoms with E-state index in [1.807, 2.05) is 0 Å². The second-order valence-electron chi connectivity index (χ2n) is 5.38. The smallest absolute Gasteiger partial charge is 0.192 e. The van der Waals surface area contributed by atoms with Crippen molar-refractivity contribution >= 4 is 15.6 Å². The summed E-state index contributed by atoms with van der Waals surface area (Å²) in [5.74, 6) is -0.425. The minimum absolute atomic E-state index is 0.142. The molecule has 0 fully saturated rings. The molecule has 0 saturated carbocycles. The van der Waals surface area contributed by atoms with Crippen molar-refractivity contribution in [3.63, 3.8) is 0 Å². The Morgan fingerprint density at radius 1 is 0.667 bits per heavy atom. The van der Waals surface area contributed by atoms with Crippen molar-refractivity contribution in [1.29, 1.82) is 0 Å². The fourth-order valence-electron chi connectivity index (χ4n) is 2.60. The lowest BCUT2D eigenvalue weighted by Crippen LogP contribution is -2.23. The van der Waals surface area contributed by atoms with Crippen LogP contribution in [-0.2, 0) is 9.84 Å². The molecule has 0 spiro atoms. The van der Waals surface area contributed by atoms with Crippen LogP contribution in [0.3, 0.4) is 0 Å². The van der Waals surface area contributed by atoms with Crippen LogP contribution in [0.4, 0.5) is 0 Å². The number of rotatable bonds is 5. The Morgan fingerprint density at radius 2 is 1.12 bits per heavy atom. The van der Waals surface area contributed by atoms with Gasteiger partial charge in [0.15, 0.2) is 20.9 Å². The summed E-state index contributed by atoms with van der Waals surface area (Å²) >= 11 is 0. The molecule has 3 nitrogen and oxygen atoms in total. The predicted octanol–water partition coefficient (Wildman–Crippen LogP) is 4.08. The summed E-state index contributed by atoms with van der Waals surface area (Å²) in [6.07, 6.45) is 0. The van der Waals surface area contributed by atoms with Crippen molar-refractivity contribution in [3.8, 4) is 0 Å². The zero-order valence-electron chi connectivity index (χ0n) is 12.9. The highest BCUT2D eigenvalue weighted by atomic mass is 32.2.